The zero-order chi connectivity index (χ0) is 21.2. The fourth-order valence-electron chi connectivity index (χ4n) is 2.59. The van der Waals surface area contributed by atoms with Crippen molar-refractivity contribution in [1.82, 2.24) is 0 Å². The van der Waals surface area contributed by atoms with Crippen LogP contribution in [0.4, 0.5) is 5.69 Å². The molecule has 3 rings (SSSR count). The highest BCUT2D eigenvalue weighted by Gasteiger charge is 2.21. The molecule has 0 radical (unpaired) electrons. The molecule has 0 unspecified atom stereocenters. The van der Waals surface area contributed by atoms with Crippen LogP contribution in [0.2, 0.25) is 0 Å². The fraction of sp³-hybridized carbons (Fsp3) is 0.227. The van der Waals surface area contributed by atoms with E-state index in [0.29, 0.717) is 27.8 Å². The molecule has 0 fully saturated rings. The number of carbonyl (C=O) groups is 2. The minimum atomic E-state index is -0.560. The lowest BCUT2D eigenvalue weighted by molar-refractivity contribution is -0.123. The molecule has 1 aromatic heterocycles. The summed E-state index contributed by atoms with van der Waals surface area (Å²) in [6, 6.07) is 13.1. The van der Waals surface area contributed by atoms with Crippen LogP contribution < -0.4 is 10.9 Å². The van der Waals surface area contributed by atoms with Gasteiger partial charge in [0.25, 0.3) is 0 Å². The first-order chi connectivity index (χ1) is 13.6. The molecule has 0 saturated heterocycles. The van der Waals surface area contributed by atoms with Gasteiger partial charge in [0.2, 0.25) is 5.91 Å². The van der Waals surface area contributed by atoms with Crippen molar-refractivity contribution in [2.24, 2.45) is 5.41 Å². The molecule has 0 spiro atoms. The Hall–Kier alpha value is -2.93. The average Bonchev–Trinajstić information content (AvgIpc) is 2.64. The van der Waals surface area contributed by atoms with Crippen molar-refractivity contribution in [1.29, 1.82) is 0 Å². The van der Waals surface area contributed by atoms with Gasteiger partial charge in [-0.1, -0.05) is 42.8 Å². The monoisotopic (exact) mass is 457 g/mol. The number of hydrogen-bond donors (Lipinski definition) is 1. The highest BCUT2D eigenvalue weighted by atomic mass is 79.9. The van der Waals surface area contributed by atoms with Crippen molar-refractivity contribution in [3.63, 3.8) is 0 Å². The van der Waals surface area contributed by atoms with Gasteiger partial charge in [-0.3, -0.25) is 4.79 Å². The highest BCUT2D eigenvalue weighted by molar-refractivity contribution is 9.10. The Labute approximate surface area is 176 Å². The third-order valence-corrected chi connectivity index (χ3v) is 4.68. The van der Waals surface area contributed by atoms with Gasteiger partial charge < -0.3 is 14.5 Å². The number of esters is 1. The van der Waals surface area contributed by atoms with Gasteiger partial charge in [-0.2, -0.15) is 0 Å². The topological polar surface area (TPSA) is 85.6 Å². The number of benzene rings is 2. The van der Waals surface area contributed by atoms with Gasteiger partial charge in [-0.15, -0.1) is 0 Å². The standard InChI is InChI=1S/C22H20BrNO5/c1-22(2,3)21(27)24-16-6-4-5-13(9-16)20(26)28-12-14-10-19(25)29-18-11-15(23)7-8-17(14)18/h4-11H,12H2,1-3H3,(H,24,27). The maximum atomic E-state index is 12.5. The molecule has 0 aliphatic heterocycles. The number of hydrogen-bond acceptors (Lipinski definition) is 5. The van der Waals surface area contributed by atoms with E-state index in [0.717, 1.165) is 4.47 Å². The van der Waals surface area contributed by atoms with E-state index in [1.165, 1.54) is 6.07 Å². The van der Waals surface area contributed by atoms with E-state index >= 15 is 0 Å². The van der Waals surface area contributed by atoms with Gasteiger partial charge in [0.1, 0.15) is 12.2 Å². The quantitative estimate of drug-likeness (QED) is 0.444. The van der Waals surface area contributed by atoms with Crippen LogP contribution in [0.1, 0.15) is 36.7 Å². The van der Waals surface area contributed by atoms with Crippen molar-refractivity contribution in [2.45, 2.75) is 27.4 Å². The van der Waals surface area contributed by atoms with E-state index in [1.807, 2.05) is 6.07 Å². The van der Waals surface area contributed by atoms with Crippen molar-refractivity contribution in [2.75, 3.05) is 5.32 Å². The van der Waals surface area contributed by atoms with Gasteiger partial charge in [-0.25, -0.2) is 9.59 Å². The van der Waals surface area contributed by atoms with E-state index in [4.69, 9.17) is 9.15 Å². The summed E-state index contributed by atoms with van der Waals surface area (Å²) in [6.07, 6.45) is 0. The Morgan fingerprint density at radius 3 is 2.59 bits per heavy atom. The van der Waals surface area contributed by atoms with Gasteiger partial charge in [0.05, 0.1) is 5.56 Å². The molecule has 29 heavy (non-hydrogen) atoms. The zero-order valence-corrected chi connectivity index (χ0v) is 17.8. The molecule has 2 aromatic carbocycles. The molecule has 1 heterocycles. The summed E-state index contributed by atoms with van der Waals surface area (Å²) < 4.78 is 11.4. The summed E-state index contributed by atoms with van der Waals surface area (Å²) in [5.41, 5.74) is 0.690. The minimum Gasteiger partial charge on any atom is -0.457 e. The SMILES string of the molecule is CC(C)(C)C(=O)Nc1cccc(C(=O)OCc2cc(=O)oc3cc(Br)ccc23)c1. The molecule has 0 bridgehead atoms. The Kier molecular flexibility index (Phi) is 5.88. The summed E-state index contributed by atoms with van der Waals surface area (Å²) in [4.78, 5) is 36.4. The summed E-state index contributed by atoms with van der Waals surface area (Å²) in [5, 5.41) is 3.47. The number of nitrogens with one attached hydrogen (secondary N) is 1. The first-order valence-corrected chi connectivity index (χ1v) is 9.74. The van der Waals surface area contributed by atoms with E-state index in [2.05, 4.69) is 21.2 Å². The summed E-state index contributed by atoms with van der Waals surface area (Å²) >= 11 is 3.33. The molecule has 3 aromatic rings. The highest BCUT2D eigenvalue weighted by Crippen LogP contribution is 2.23. The predicted molar refractivity (Wildman–Crippen MR) is 114 cm³/mol. The number of amides is 1. The largest absolute Gasteiger partial charge is 0.457 e. The van der Waals surface area contributed by atoms with Gasteiger partial charge >= 0.3 is 11.6 Å². The maximum absolute atomic E-state index is 12.5. The Morgan fingerprint density at radius 2 is 1.86 bits per heavy atom. The molecule has 0 saturated carbocycles. The van der Waals surface area contributed by atoms with E-state index in [-0.39, 0.29) is 12.5 Å². The van der Waals surface area contributed by atoms with Crippen LogP contribution in [0.3, 0.4) is 0 Å². The molecule has 6 nitrogen and oxygen atoms in total. The number of ether oxygens (including phenoxy) is 1. The van der Waals surface area contributed by atoms with Crippen LogP contribution in [-0.4, -0.2) is 11.9 Å². The number of rotatable bonds is 4. The zero-order valence-electron chi connectivity index (χ0n) is 16.2. The normalized spacial score (nSPS) is 11.3. The lowest BCUT2D eigenvalue weighted by Crippen LogP contribution is -2.27. The number of fused-ring (bicyclic) bond motifs is 1. The molecule has 0 aliphatic rings. The number of halogens is 1. The second-order valence-electron chi connectivity index (χ2n) is 7.59. The lowest BCUT2D eigenvalue weighted by atomic mass is 9.95. The van der Waals surface area contributed by atoms with Gasteiger partial charge in [0.15, 0.2) is 0 Å². The van der Waals surface area contributed by atoms with Crippen LogP contribution in [0.15, 0.2) is 62.2 Å². The third-order valence-electron chi connectivity index (χ3n) is 4.19. The van der Waals surface area contributed by atoms with Crippen LogP contribution in [0.5, 0.6) is 0 Å². The second kappa shape index (κ2) is 8.21. The molecule has 1 N–H and O–H groups in total. The molecule has 7 heteroatoms. The fourth-order valence-corrected chi connectivity index (χ4v) is 2.93. The van der Waals surface area contributed by atoms with Crippen LogP contribution in [0.25, 0.3) is 11.0 Å². The van der Waals surface area contributed by atoms with Crippen LogP contribution in [0, 0.1) is 5.41 Å². The number of carbonyl (C=O) groups excluding carboxylic acids is 2. The molecule has 0 atom stereocenters. The van der Waals surface area contributed by atoms with E-state index < -0.39 is 17.0 Å². The molecule has 1 amide bonds. The van der Waals surface area contributed by atoms with Gasteiger partial charge in [-0.05, 0) is 36.4 Å². The summed E-state index contributed by atoms with van der Waals surface area (Å²) in [6.45, 7) is 5.33. The van der Waals surface area contributed by atoms with Crippen LogP contribution in [-0.2, 0) is 16.1 Å². The van der Waals surface area contributed by atoms with Crippen molar-refractivity contribution < 1.29 is 18.7 Å². The van der Waals surface area contributed by atoms with Gasteiger partial charge in [0, 0.05) is 32.6 Å². The average molecular weight is 458 g/mol. The third kappa shape index (κ3) is 5.12. The number of anilines is 1. The van der Waals surface area contributed by atoms with Crippen molar-refractivity contribution >= 4 is 44.5 Å². The second-order valence-corrected chi connectivity index (χ2v) is 8.51. The molecular weight excluding hydrogens is 438 g/mol. The van der Waals surface area contributed by atoms with E-state index in [1.54, 1.807) is 57.2 Å². The first-order valence-electron chi connectivity index (χ1n) is 8.94. The maximum Gasteiger partial charge on any atom is 0.338 e. The lowest BCUT2D eigenvalue weighted by Gasteiger charge is -2.17. The predicted octanol–water partition coefficient (Wildman–Crippen LogP) is 4.90. The molecule has 150 valence electrons. The summed E-state index contributed by atoms with van der Waals surface area (Å²) in [5.74, 6) is -0.716. The first kappa shape index (κ1) is 20.8. The minimum absolute atomic E-state index is 0.0822. The summed E-state index contributed by atoms with van der Waals surface area (Å²) in [7, 11) is 0. The van der Waals surface area contributed by atoms with Crippen LogP contribution >= 0.6 is 15.9 Å². The molecular formula is C22H20BrNO5. The Bertz CT molecular complexity index is 1140. The smallest absolute Gasteiger partial charge is 0.338 e. The van der Waals surface area contributed by atoms with Crippen molar-refractivity contribution in [3.05, 3.63) is 74.6 Å². The van der Waals surface area contributed by atoms with Crippen molar-refractivity contribution in [3.8, 4) is 0 Å². The molecule has 0 aliphatic carbocycles. The Balaban J connectivity index is 1.77. The Morgan fingerprint density at radius 1 is 1.10 bits per heavy atom. The van der Waals surface area contributed by atoms with E-state index in [9.17, 15) is 14.4 Å².